The number of piperidine rings is 1. The predicted octanol–water partition coefficient (Wildman–Crippen LogP) is 6.11. The van der Waals surface area contributed by atoms with Gasteiger partial charge >= 0.3 is 0 Å². The number of carbonyl (C=O) groups excluding carboxylic acids is 2. The minimum absolute atomic E-state index is 0.125. The van der Waals surface area contributed by atoms with E-state index in [9.17, 15) is 14.7 Å². The Morgan fingerprint density at radius 2 is 1.57 bits per heavy atom. The van der Waals surface area contributed by atoms with E-state index in [0.29, 0.717) is 31.3 Å². The maximum absolute atomic E-state index is 12.4. The van der Waals surface area contributed by atoms with Gasteiger partial charge in [-0.2, -0.15) is 0 Å². The van der Waals surface area contributed by atoms with E-state index in [2.05, 4.69) is 55.7 Å². The SMILES string of the molecule is CC(=O)CCC(C(C)=O)c1cccc(N2CCC(N3CCN(c4ccc(CCc5ncc6cc(C(O)N(C)C)n(C7CCCC7)c6n5)nc4)CC3)CC2)c1. The number of carbonyl (C=O) groups is 2. The third-order valence-electron chi connectivity index (χ3n) is 12.1. The molecule has 2 aliphatic heterocycles. The second kappa shape index (κ2) is 17.1. The summed E-state index contributed by atoms with van der Waals surface area (Å²) in [6.07, 6.45) is 12.7. The van der Waals surface area contributed by atoms with Gasteiger partial charge in [0.05, 0.1) is 17.6 Å². The zero-order valence-corrected chi connectivity index (χ0v) is 32.7. The summed E-state index contributed by atoms with van der Waals surface area (Å²) in [5.41, 5.74) is 6.26. The predicted molar refractivity (Wildman–Crippen MR) is 214 cm³/mol. The van der Waals surface area contributed by atoms with E-state index in [1.165, 1.54) is 24.2 Å². The van der Waals surface area contributed by atoms with E-state index < -0.39 is 6.23 Å². The number of ketones is 2. The molecule has 1 aromatic carbocycles. The fourth-order valence-corrected chi connectivity index (χ4v) is 8.91. The number of fused-ring (bicyclic) bond motifs is 1. The first-order chi connectivity index (χ1) is 26.1. The van der Waals surface area contributed by atoms with Crippen molar-refractivity contribution in [1.29, 1.82) is 0 Å². The lowest BCUT2D eigenvalue weighted by molar-refractivity contribution is -0.119. The normalized spacial score (nSPS) is 18.9. The number of piperazine rings is 1. The van der Waals surface area contributed by atoms with Crippen molar-refractivity contribution in [3.05, 3.63) is 77.6 Å². The average Bonchev–Trinajstić information content (AvgIpc) is 3.85. The maximum Gasteiger partial charge on any atom is 0.148 e. The molecular weight excluding hydrogens is 677 g/mol. The molecule has 0 bridgehead atoms. The van der Waals surface area contributed by atoms with Crippen molar-refractivity contribution in [2.45, 2.75) is 102 Å². The Kier molecular flexibility index (Phi) is 12.1. The molecule has 11 nitrogen and oxygen atoms in total. The van der Waals surface area contributed by atoms with Crippen LogP contribution in [-0.2, 0) is 22.4 Å². The molecule has 1 aliphatic carbocycles. The van der Waals surface area contributed by atoms with Crippen LogP contribution in [0.25, 0.3) is 11.0 Å². The zero-order chi connectivity index (χ0) is 37.8. The summed E-state index contributed by atoms with van der Waals surface area (Å²) in [5.74, 6) is 0.851. The number of nitrogens with zero attached hydrogens (tertiary/aromatic N) is 8. The minimum atomic E-state index is -0.678. The number of pyridine rings is 1. The van der Waals surface area contributed by atoms with Gasteiger partial charge in [0.25, 0.3) is 0 Å². The highest BCUT2D eigenvalue weighted by atomic mass is 16.3. The van der Waals surface area contributed by atoms with Gasteiger partial charge in [-0.25, -0.2) is 9.97 Å². The fraction of sp³-hybridized carbons (Fsp3) is 0.558. The van der Waals surface area contributed by atoms with Gasteiger partial charge in [-0.05, 0) is 102 Å². The van der Waals surface area contributed by atoms with Crippen LogP contribution in [-0.4, -0.2) is 105 Å². The van der Waals surface area contributed by atoms with E-state index in [1.807, 2.05) is 37.5 Å². The lowest BCUT2D eigenvalue weighted by atomic mass is 9.89. The molecule has 288 valence electrons. The summed E-state index contributed by atoms with van der Waals surface area (Å²) in [4.78, 5) is 48.0. The zero-order valence-electron chi connectivity index (χ0n) is 32.7. The van der Waals surface area contributed by atoms with Crippen LogP contribution in [0.5, 0.6) is 0 Å². The number of rotatable bonds is 14. The van der Waals surface area contributed by atoms with Crippen molar-refractivity contribution in [1.82, 2.24) is 29.3 Å². The first-order valence-electron chi connectivity index (χ1n) is 20.1. The molecule has 3 fully saturated rings. The number of Topliss-reactive ketones (excluding diaryl/α,β-unsaturated/α-hetero) is 2. The van der Waals surface area contributed by atoms with Crippen LogP contribution in [0.1, 0.15) is 106 Å². The molecule has 2 atom stereocenters. The quantitative estimate of drug-likeness (QED) is 0.152. The molecule has 3 aromatic heterocycles. The number of hydrogen-bond acceptors (Lipinski definition) is 10. The summed E-state index contributed by atoms with van der Waals surface area (Å²) >= 11 is 0. The number of aliphatic hydroxyl groups excluding tert-OH is 1. The Morgan fingerprint density at radius 3 is 2.24 bits per heavy atom. The second-order valence-electron chi connectivity index (χ2n) is 16.0. The summed E-state index contributed by atoms with van der Waals surface area (Å²) in [6, 6.07) is 15.8. The molecule has 4 aromatic rings. The van der Waals surface area contributed by atoms with Gasteiger partial charge in [0.1, 0.15) is 29.3 Å². The molecule has 5 heterocycles. The molecule has 0 amide bonds. The highest BCUT2D eigenvalue weighted by Crippen LogP contribution is 2.36. The Hall–Kier alpha value is -4.19. The standard InChI is InChI=1S/C43H58N8O3/c1-30(52)12-16-39(31(2)53)32-8-7-11-37(26-32)48-20-18-35(19-21-48)49-22-24-50(25-23-49)38-15-13-34(44-29-38)14-17-41-45-28-33-27-40(43(54)47(3)4)51(42(33)46-41)36-9-5-6-10-36/h7-8,11,13,15,26-29,35-36,39,43,54H,5-6,9-10,12,14,16-25H2,1-4H3. The van der Waals surface area contributed by atoms with Crippen LogP contribution in [0.2, 0.25) is 0 Å². The summed E-state index contributed by atoms with van der Waals surface area (Å²) < 4.78 is 2.28. The largest absolute Gasteiger partial charge is 0.373 e. The molecule has 3 aliphatic rings. The first-order valence-corrected chi connectivity index (χ1v) is 20.1. The van der Waals surface area contributed by atoms with Gasteiger partial charge in [-0.15, -0.1) is 0 Å². The van der Waals surface area contributed by atoms with Gasteiger partial charge in [-0.1, -0.05) is 25.0 Å². The lowest BCUT2D eigenvalue weighted by Crippen LogP contribution is -2.53. The van der Waals surface area contributed by atoms with Gasteiger partial charge in [0.2, 0.25) is 0 Å². The molecule has 0 radical (unpaired) electrons. The molecule has 54 heavy (non-hydrogen) atoms. The number of benzene rings is 1. The molecular formula is C43H58N8O3. The molecule has 7 rings (SSSR count). The van der Waals surface area contributed by atoms with Crippen molar-refractivity contribution in [2.75, 3.05) is 63.2 Å². The maximum atomic E-state index is 12.4. The number of hydrogen-bond donors (Lipinski definition) is 1. The Labute approximate surface area is 320 Å². The average molecular weight is 735 g/mol. The Balaban J connectivity index is 0.899. The Bertz CT molecular complexity index is 1890. The van der Waals surface area contributed by atoms with Crippen molar-refractivity contribution in [3.8, 4) is 0 Å². The van der Waals surface area contributed by atoms with E-state index in [-0.39, 0.29) is 17.5 Å². The molecule has 0 spiro atoms. The Morgan fingerprint density at radius 1 is 0.833 bits per heavy atom. The summed E-state index contributed by atoms with van der Waals surface area (Å²) in [7, 11) is 3.80. The minimum Gasteiger partial charge on any atom is -0.373 e. The molecule has 11 heteroatoms. The smallest absolute Gasteiger partial charge is 0.148 e. The highest BCUT2D eigenvalue weighted by Gasteiger charge is 2.29. The molecule has 2 saturated heterocycles. The number of aliphatic hydroxyl groups is 1. The third-order valence-corrected chi connectivity index (χ3v) is 12.1. The van der Waals surface area contributed by atoms with Crippen molar-refractivity contribution in [2.24, 2.45) is 0 Å². The molecule has 1 N–H and O–H groups in total. The van der Waals surface area contributed by atoms with E-state index >= 15 is 0 Å². The number of anilines is 2. The summed E-state index contributed by atoms with van der Waals surface area (Å²) in [5, 5.41) is 12.0. The van der Waals surface area contributed by atoms with Crippen LogP contribution >= 0.6 is 0 Å². The van der Waals surface area contributed by atoms with Crippen LogP contribution < -0.4 is 9.80 Å². The lowest BCUT2D eigenvalue weighted by Gasteiger charge is -2.43. The van der Waals surface area contributed by atoms with Gasteiger partial charge < -0.3 is 24.3 Å². The van der Waals surface area contributed by atoms with Crippen LogP contribution in [0.15, 0.2) is 54.9 Å². The second-order valence-corrected chi connectivity index (χ2v) is 16.0. The van der Waals surface area contributed by atoms with Crippen LogP contribution in [0, 0.1) is 0 Å². The fourth-order valence-electron chi connectivity index (χ4n) is 8.91. The summed E-state index contributed by atoms with van der Waals surface area (Å²) in [6.45, 7) is 9.33. The van der Waals surface area contributed by atoms with Gasteiger partial charge in [0, 0.05) is 93.1 Å². The van der Waals surface area contributed by atoms with Crippen LogP contribution in [0.3, 0.4) is 0 Å². The van der Waals surface area contributed by atoms with E-state index in [1.54, 1.807) is 13.8 Å². The third kappa shape index (κ3) is 8.69. The van der Waals surface area contributed by atoms with Crippen molar-refractivity contribution in [3.63, 3.8) is 0 Å². The topological polar surface area (TPSA) is 111 Å². The monoisotopic (exact) mass is 734 g/mol. The van der Waals surface area contributed by atoms with Crippen molar-refractivity contribution < 1.29 is 14.7 Å². The molecule has 1 saturated carbocycles. The van der Waals surface area contributed by atoms with Crippen LogP contribution in [0.4, 0.5) is 11.4 Å². The van der Waals surface area contributed by atoms with Crippen molar-refractivity contribution >= 4 is 34.0 Å². The first kappa shape index (κ1) is 38.1. The van der Waals surface area contributed by atoms with Gasteiger partial charge in [-0.3, -0.25) is 19.6 Å². The number of aryl methyl sites for hydroxylation is 2. The number of aromatic nitrogens is 4. The van der Waals surface area contributed by atoms with E-state index in [0.717, 1.165) is 105 Å². The molecule has 2 unspecified atom stereocenters. The van der Waals surface area contributed by atoms with Gasteiger partial charge in [0.15, 0.2) is 0 Å². The van der Waals surface area contributed by atoms with E-state index in [4.69, 9.17) is 15.0 Å². The highest BCUT2D eigenvalue weighted by molar-refractivity contribution is 5.85.